The number of aromatic nitrogens is 4. The van der Waals surface area contributed by atoms with Gasteiger partial charge in [-0.3, -0.25) is 19.2 Å². The van der Waals surface area contributed by atoms with Crippen LogP contribution in [0.4, 0.5) is 8.78 Å². The molecule has 416 valence electrons. The maximum atomic E-state index is 15.0. The predicted molar refractivity (Wildman–Crippen MR) is 284 cm³/mol. The zero-order valence-electron chi connectivity index (χ0n) is 44.7. The third kappa shape index (κ3) is 7.90. The molecule has 80 heavy (non-hydrogen) atoms. The third-order valence-corrected chi connectivity index (χ3v) is 18.5. The summed E-state index contributed by atoms with van der Waals surface area (Å²) in [5.74, 6) is -2.50. The molecular weight excluding hydrogens is 1030 g/mol. The van der Waals surface area contributed by atoms with Gasteiger partial charge in [0, 0.05) is 45.2 Å². The van der Waals surface area contributed by atoms with E-state index in [2.05, 4.69) is 10.6 Å². The number of aliphatic hydroxyl groups excluding tert-OH is 2. The second-order valence-corrected chi connectivity index (χ2v) is 23.2. The van der Waals surface area contributed by atoms with Gasteiger partial charge in [0.1, 0.15) is 37.1 Å². The maximum Gasteiger partial charge on any atom is 0.343 e. The van der Waals surface area contributed by atoms with Gasteiger partial charge in [-0.15, -0.1) is 0 Å². The summed E-state index contributed by atoms with van der Waals surface area (Å²) in [5.41, 5.74) is 4.43. The number of pyridine rings is 4. The summed E-state index contributed by atoms with van der Waals surface area (Å²) in [5, 5.41) is 51.0. The van der Waals surface area contributed by atoms with Crippen LogP contribution in [-0.2, 0) is 79.0 Å². The van der Waals surface area contributed by atoms with E-state index in [1.54, 1.807) is 49.0 Å². The van der Waals surface area contributed by atoms with E-state index in [1.165, 1.54) is 12.1 Å². The number of carbonyl (C=O) groups is 4. The van der Waals surface area contributed by atoms with Crippen molar-refractivity contribution in [2.24, 2.45) is 11.8 Å². The number of nitrogens with one attached hydrogen (secondary N) is 2. The van der Waals surface area contributed by atoms with Gasteiger partial charge in [0.05, 0.1) is 70.1 Å². The van der Waals surface area contributed by atoms with Crippen LogP contribution in [0, 0.1) is 37.3 Å². The Hall–Kier alpha value is -7.26. The highest BCUT2D eigenvalue weighted by atomic mass is 19.1. The number of halogens is 2. The van der Waals surface area contributed by atoms with E-state index in [1.807, 2.05) is 0 Å². The van der Waals surface area contributed by atoms with Crippen molar-refractivity contribution in [3.05, 3.63) is 123 Å². The van der Waals surface area contributed by atoms with E-state index in [-0.39, 0.29) is 84.2 Å². The van der Waals surface area contributed by atoms with E-state index in [9.17, 15) is 49.2 Å². The number of rotatable bonds is 10. The van der Waals surface area contributed by atoms with Gasteiger partial charge in [-0.2, -0.15) is 0 Å². The van der Waals surface area contributed by atoms with Gasteiger partial charge in [-0.25, -0.2) is 28.3 Å². The molecular formula is C60H60F2N6O12. The summed E-state index contributed by atoms with van der Waals surface area (Å²) in [7, 11) is 0. The highest BCUT2D eigenvalue weighted by Crippen LogP contribution is 2.49. The number of nitrogens with zero attached hydrogens (tertiary/aromatic N) is 4. The Morgan fingerprint density at radius 2 is 1.01 bits per heavy atom. The minimum Gasteiger partial charge on any atom is -0.458 e. The van der Waals surface area contributed by atoms with Crippen molar-refractivity contribution in [1.82, 2.24) is 29.7 Å². The average Bonchev–Trinajstić information content (AvgIpc) is 4.45. The first-order valence-corrected chi connectivity index (χ1v) is 27.8. The Labute approximate surface area is 456 Å². The number of fused-ring (bicyclic) bond motifs is 10. The number of ether oxygens (including phenoxy) is 2. The van der Waals surface area contributed by atoms with Crippen molar-refractivity contribution in [3.63, 3.8) is 0 Å². The summed E-state index contributed by atoms with van der Waals surface area (Å²) in [6.45, 7) is 6.61. The zero-order chi connectivity index (χ0) is 56.2. The fourth-order valence-electron chi connectivity index (χ4n) is 13.5. The fourth-order valence-corrected chi connectivity index (χ4v) is 13.5. The standard InChI is InChI=1S/2C30H30FN3O6/c2*1-3-30(39)18-9-22-26-16(11-34(22)28(37)17(18)12-40-29(30)38)25-20(33-27(36)23(35)8-14-4-5-14)7-6-15-13(2)19(31)10-21(32-26)24(15)25/h2*9-10,14,20,23,35,39H,3-8,11-12H2,1-2H3,(H,33,36)/t20-,23+,30-;20-,23-,30-/m00/s1. The molecule has 0 bridgehead atoms. The highest BCUT2D eigenvalue weighted by molar-refractivity contribution is 5.96. The van der Waals surface area contributed by atoms with Gasteiger partial charge >= 0.3 is 11.9 Å². The summed E-state index contributed by atoms with van der Waals surface area (Å²) in [6, 6.07) is 5.08. The van der Waals surface area contributed by atoms with Gasteiger partial charge in [-0.05, 0) is 123 Å². The minimum atomic E-state index is -1.96. The first kappa shape index (κ1) is 52.1. The molecule has 4 aliphatic carbocycles. The molecule has 4 aromatic heterocycles. The van der Waals surface area contributed by atoms with Crippen molar-refractivity contribution >= 4 is 45.6 Å². The number of esters is 2. The van der Waals surface area contributed by atoms with E-state index in [0.717, 1.165) is 69.8 Å². The molecule has 0 unspecified atom stereocenters. The van der Waals surface area contributed by atoms with Crippen molar-refractivity contribution < 1.29 is 57.9 Å². The Morgan fingerprint density at radius 3 is 1.38 bits per heavy atom. The molecule has 20 heteroatoms. The van der Waals surface area contributed by atoms with Crippen molar-refractivity contribution in [1.29, 1.82) is 0 Å². The monoisotopic (exact) mass is 1090 g/mol. The molecule has 6 aromatic rings. The summed E-state index contributed by atoms with van der Waals surface area (Å²) in [6.07, 6.45) is 4.83. The lowest BCUT2D eigenvalue weighted by molar-refractivity contribution is -0.172. The lowest BCUT2D eigenvalue weighted by atomic mass is 9.81. The maximum absolute atomic E-state index is 15.0. The summed E-state index contributed by atoms with van der Waals surface area (Å²) >= 11 is 0. The molecule has 6 atom stereocenters. The smallest absolute Gasteiger partial charge is 0.343 e. The Bertz CT molecular complexity index is 3670. The zero-order valence-corrected chi connectivity index (χ0v) is 44.7. The summed E-state index contributed by atoms with van der Waals surface area (Å²) < 4.78 is 43.5. The first-order chi connectivity index (χ1) is 38.2. The topological polar surface area (TPSA) is 261 Å². The molecule has 0 radical (unpaired) electrons. The third-order valence-electron chi connectivity index (χ3n) is 18.5. The van der Waals surface area contributed by atoms with Crippen LogP contribution in [0.25, 0.3) is 44.6 Å². The molecule has 6 N–H and O–H groups in total. The van der Waals surface area contributed by atoms with E-state index < -0.39 is 59.2 Å². The number of benzene rings is 2. The fraction of sp³-hybridized carbons (Fsp3) is 0.467. The van der Waals surface area contributed by atoms with Crippen LogP contribution in [0.2, 0.25) is 0 Å². The molecule has 8 aliphatic rings. The summed E-state index contributed by atoms with van der Waals surface area (Å²) in [4.78, 5) is 88.2. The number of amides is 2. The van der Waals surface area contributed by atoms with Gasteiger partial charge in [0.15, 0.2) is 11.2 Å². The number of aryl methyl sites for hydroxylation is 2. The van der Waals surface area contributed by atoms with Crippen LogP contribution in [0.5, 0.6) is 0 Å². The van der Waals surface area contributed by atoms with Crippen LogP contribution < -0.4 is 21.8 Å². The molecule has 2 aromatic carbocycles. The molecule has 2 amide bonds. The Kier molecular flexibility index (Phi) is 12.2. The molecule has 0 spiro atoms. The number of hydrogen-bond acceptors (Lipinski definition) is 14. The molecule has 8 heterocycles. The van der Waals surface area contributed by atoms with Crippen molar-refractivity contribution in [2.75, 3.05) is 0 Å². The van der Waals surface area contributed by atoms with E-state index >= 15 is 8.78 Å². The average molecular weight is 1100 g/mol. The van der Waals surface area contributed by atoms with Crippen LogP contribution in [0.15, 0.2) is 33.9 Å². The molecule has 2 saturated carbocycles. The minimum absolute atomic E-state index is 0.0239. The molecule has 4 aliphatic heterocycles. The lowest BCUT2D eigenvalue weighted by Gasteiger charge is -2.31. The quantitative estimate of drug-likeness (QED) is 0.0914. The number of carbonyl (C=O) groups excluding carboxylic acids is 4. The highest BCUT2D eigenvalue weighted by Gasteiger charge is 2.48. The predicted octanol–water partition coefficient (Wildman–Crippen LogP) is 5.58. The van der Waals surface area contributed by atoms with Crippen molar-refractivity contribution in [2.45, 2.75) is 167 Å². The molecule has 2 fully saturated rings. The first-order valence-electron chi connectivity index (χ1n) is 27.8. The Balaban J connectivity index is 0.000000151. The van der Waals surface area contributed by atoms with E-state index in [4.69, 9.17) is 19.4 Å². The largest absolute Gasteiger partial charge is 0.458 e. The number of aliphatic hydroxyl groups is 4. The lowest BCUT2D eigenvalue weighted by Crippen LogP contribution is -2.44. The number of cyclic esters (lactones) is 2. The molecule has 14 rings (SSSR count). The van der Waals surface area contributed by atoms with Crippen LogP contribution >= 0.6 is 0 Å². The SMILES string of the molecule is CC[C@@]1(O)C(=O)OCc2c1cc1n(c2=O)Cc2c-1nc1cc(F)c(C)c3c1c2[C@@H](NC(=O)[C@@H](O)CC1CC1)CC3.CC[C@@]1(O)C(=O)OCc2c1cc1n(c2=O)Cc2c-1nc1cc(F)c(C)c3c1c2[C@@H](NC(=O)[C@H](O)CC1CC1)CC3. The normalized spacial score (nSPS) is 23.3. The second kappa shape index (κ2) is 18.7. The van der Waals surface area contributed by atoms with Crippen LogP contribution in [0.1, 0.15) is 157 Å². The second-order valence-electron chi connectivity index (χ2n) is 23.2. The Morgan fingerprint density at radius 1 is 0.625 bits per heavy atom. The molecule has 0 saturated heterocycles. The molecule has 18 nitrogen and oxygen atoms in total. The number of hydrogen-bond donors (Lipinski definition) is 6. The van der Waals surface area contributed by atoms with Gasteiger partial charge in [0.2, 0.25) is 11.8 Å². The van der Waals surface area contributed by atoms with Gasteiger partial charge in [-0.1, -0.05) is 39.5 Å². The van der Waals surface area contributed by atoms with Crippen LogP contribution in [-0.4, -0.2) is 75.5 Å². The van der Waals surface area contributed by atoms with Gasteiger partial charge < -0.3 is 49.7 Å². The van der Waals surface area contributed by atoms with E-state index in [0.29, 0.717) is 95.3 Å². The van der Waals surface area contributed by atoms with Crippen molar-refractivity contribution in [3.8, 4) is 22.8 Å². The van der Waals surface area contributed by atoms with Gasteiger partial charge in [0.25, 0.3) is 11.1 Å². The van der Waals surface area contributed by atoms with Crippen LogP contribution in [0.3, 0.4) is 0 Å².